The van der Waals surface area contributed by atoms with Crippen LogP contribution in [0.5, 0.6) is 5.75 Å². The molecule has 1 heterocycles. The van der Waals surface area contributed by atoms with Crippen LogP contribution >= 0.6 is 15.9 Å². The summed E-state index contributed by atoms with van der Waals surface area (Å²) in [7, 11) is -2.12. The van der Waals surface area contributed by atoms with Crippen LogP contribution in [0, 0.1) is 5.92 Å². The molecule has 3 amide bonds. The second kappa shape index (κ2) is 12.2. The smallest absolute Gasteiger partial charge is 0.252 e. The number of methoxy groups -OCH3 is 1. The SMILES string of the molecule is CC[C@@H](C)C(=O)N[C@@H]1C(=O)N(Cc2c(OC)ccc3cc(Br)ccc23)c2ccccc2N(C(=O)CS(C)(=O)=O)[C@H]1C. The number of nitrogens with one attached hydrogen (secondary N) is 1. The van der Waals surface area contributed by atoms with Crippen LogP contribution in [0.1, 0.15) is 32.8 Å². The van der Waals surface area contributed by atoms with Crippen molar-refractivity contribution in [2.75, 3.05) is 28.9 Å². The van der Waals surface area contributed by atoms with E-state index in [-0.39, 0.29) is 18.4 Å². The van der Waals surface area contributed by atoms with E-state index in [1.807, 2.05) is 37.3 Å². The van der Waals surface area contributed by atoms with E-state index in [1.165, 1.54) is 4.90 Å². The number of benzene rings is 3. The Morgan fingerprint density at radius 1 is 1.10 bits per heavy atom. The van der Waals surface area contributed by atoms with Gasteiger partial charge in [0.2, 0.25) is 11.8 Å². The zero-order valence-electron chi connectivity index (χ0n) is 23.7. The van der Waals surface area contributed by atoms with Crippen molar-refractivity contribution in [1.82, 2.24) is 5.32 Å². The average Bonchev–Trinajstić information content (AvgIpc) is 3.00. The zero-order valence-corrected chi connectivity index (χ0v) is 26.1. The van der Waals surface area contributed by atoms with Gasteiger partial charge in [0.05, 0.1) is 31.1 Å². The molecule has 1 aliphatic rings. The maximum Gasteiger partial charge on any atom is 0.252 e. The lowest BCUT2D eigenvalue weighted by Gasteiger charge is -2.32. The molecular weight excluding hydrogens is 610 g/mol. The second-order valence-electron chi connectivity index (χ2n) is 10.4. The van der Waals surface area contributed by atoms with Crippen LogP contribution in [0.15, 0.2) is 59.1 Å². The Morgan fingerprint density at radius 3 is 2.41 bits per heavy atom. The molecule has 41 heavy (non-hydrogen) atoms. The minimum atomic E-state index is -3.68. The molecule has 0 saturated heterocycles. The van der Waals surface area contributed by atoms with E-state index in [0.29, 0.717) is 23.5 Å². The highest BCUT2D eigenvalue weighted by atomic mass is 79.9. The van der Waals surface area contributed by atoms with Gasteiger partial charge < -0.3 is 19.9 Å². The first-order valence-electron chi connectivity index (χ1n) is 13.3. The molecule has 0 aromatic heterocycles. The summed E-state index contributed by atoms with van der Waals surface area (Å²) in [5, 5.41) is 4.68. The van der Waals surface area contributed by atoms with Gasteiger partial charge in [0, 0.05) is 22.2 Å². The molecule has 0 fully saturated rings. The number of carbonyl (C=O) groups excluding carboxylic acids is 3. The fourth-order valence-corrected chi connectivity index (χ4v) is 6.06. The summed E-state index contributed by atoms with van der Waals surface area (Å²) >= 11 is 3.51. The highest BCUT2D eigenvalue weighted by Gasteiger charge is 2.43. The molecule has 218 valence electrons. The molecular formula is C30H34BrN3O6S. The number of hydrogen-bond donors (Lipinski definition) is 1. The van der Waals surface area contributed by atoms with Crippen LogP contribution in [-0.4, -0.2) is 57.3 Å². The van der Waals surface area contributed by atoms with Gasteiger partial charge in [-0.2, -0.15) is 0 Å². The van der Waals surface area contributed by atoms with Gasteiger partial charge in [0.25, 0.3) is 5.91 Å². The van der Waals surface area contributed by atoms with E-state index in [0.717, 1.165) is 27.1 Å². The van der Waals surface area contributed by atoms with Crippen LogP contribution < -0.4 is 19.9 Å². The fourth-order valence-electron chi connectivity index (χ4n) is 5.10. The van der Waals surface area contributed by atoms with Gasteiger partial charge in [-0.15, -0.1) is 0 Å². The molecule has 3 aromatic carbocycles. The van der Waals surface area contributed by atoms with E-state index < -0.39 is 39.5 Å². The van der Waals surface area contributed by atoms with Crippen molar-refractivity contribution < 1.29 is 27.5 Å². The van der Waals surface area contributed by atoms with Crippen molar-refractivity contribution in [2.24, 2.45) is 5.92 Å². The first kappa shape index (κ1) is 30.5. The van der Waals surface area contributed by atoms with Gasteiger partial charge >= 0.3 is 0 Å². The lowest BCUT2D eigenvalue weighted by atomic mass is 10.0. The number of halogens is 1. The number of ether oxygens (including phenoxy) is 1. The third kappa shape index (κ3) is 6.41. The molecule has 3 atom stereocenters. The van der Waals surface area contributed by atoms with Gasteiger partial charge in [0.1, 0.15) is 17.5 Å². The summed E-state index contributed by atoms with van der Waals surface area (Å²) in [6.45, 7) is 5.36. The largest absolute Gasteiger partial charge is 0.496 e. The van der Waals surface area contributed by atoms with E-state index >= 15 is 0 Å². The molecule has 3 aromatic rings. The number of amides is 3. The average molecular weight is 645 g/mol. The van der Waals surface area contributed by atoms with E-state index in [2.05, 4.69) is 21.2 Å². The summed E-state index contributed by atoms with van der Waals surface area (Å²) in [6.07, 6.45) is 1.55. The first-order chi connectivity index (χ1) is 19.4. The summed E-state index contributed by atoms with van der Waals surface area (Å²) in [5.41, 5.74) is 1.54. The number of nitrogens with zero attached hydrogens (tertiary/aromatic N) is 2. The molecule has 0 unspecified atom stereocenters. The summed E-state index contributed by atoms with van der Waals surface area (Å²) in [6, 6.07) is 14.5. The summed E-state index contributed by atoms with van der Waals surface area (Å²) in [5.74, 6) is -1.96. The standard InChI is InChI=1S/C30H34BrN3O6S/c1-6-18(2)29(36)32-28-19(3)34(27(35)17-41(5,38)39)25-10-8-7-9-24(25)33(30(28)37)16-23-22-13-12-21(31)15-20(22)11-14-26(23)40-4/h7-15,18-19,28H,6,16-17H2,1-5H3,(H,32,36)/t18-,19+,28+/m1/s1. The van der Waals surface area contributed by atoms with Crippen LogP contribution in [0.2, 0.25) is 0 Å². The Balaban J connectivity index is 1.92. The predicted octanol–water partition coefficient (Wildman–Crippen LogP) is 4.45. The highest BCUT2D eigenvalue weighted by Crippen LogP contribution is 2.39. The Labute approximate surface area is 248 Å². The number of sulfone groups is 1. The molecule has 11 heteroatoms. The van der Waals surface area contributed by atoms with Crippen molar-refractivity contribution in [3.63, 3.8) is 0 Å². The number of anilines is 2. The Hall–Kier alpha value is -3.44. The third-order valence-electron chi connectivity index (χ3n) is 7.45. The van der Waals surface area contributed by atoms with E-state index in [4.69, 9.17) is 4.74 Å². The van der Waals surface area contributed by atoms with Crippen molar-refractivity contribution in [3.05, 3.63) is 64.6 Å². The summed E-state index contributed by atoms with van der Waals surface area (Å²) in [4.78, 5) is 43.9. The molecule has 0 radical (unpaired) electrons. The van der Waals surface area contributed by atoms with Gasteiger partial charge in [-0.3, -0.25) is 14.4 Å². The second-order valence-corrected chi connectivity index (χ2v) is 13.5. The zero-order chi connectivity index (χ0) is 30.1. The Morgan fingerprint density at radius 2 is 1.78 bits per heavy atom. The topological polar surface area (TPSA) is 113 Å². The van der Waals surface area contributed by atoms with Crippen LogP contribution in [0.3, 0.4) is 0 Å². The monoisotopic (exact) mass is 643 g/mol. The first-order valence-corrected chi connectivity index (χ1v) is 16.2. The maximum atomic E-state index is 14.4. The number of para-hydroxylation sites is 2. The van der Waals surface area contributed by atoms with Crippen LogP contribution in [0.25, 0.3) is 10.8 Å². The van der Waals surface area contributed by atoms with Gasteiger partial charge in [-0.05, 0) is 54.4 Å². The quantitative estimate of drug-likeness (QED) is 0.388. The number of fused-ring (bicyclic) bond motifs is 2. The van der Waals surface area contributed by atoms with E-state index in [1.54, 1.807) is 50.1 Å². The third-order valence-corrected chi connectivity index (χ3v) is 8.72. The minimum Gasteiger partial charge on any atom is -0.496 e. The van der Waals surface area contributed by atoms with Gasteiger partial charge in [-0.25, -0.2) is 8.42 Å². The van der Waals surface area contributed by atoms with Crippen molar-refractivity contribution >= 4 is 65.6 Å². The molecule has 1 N–H and O–H groups in total. The normalized spacial score (nSPS) is 18.0. The maximum absolute atomic E-state index is 14.4. The Bertz CT molecular complexity index is 1610. The molecule has 4 rings (SSSR count). The molecule has 0 aliphatic carbocycles. The molecule has 1 aliphatic heterocycles. The van der Waals surface area contributed by atoms with Gasteiger partial charge in [-0.1, -0.05) is 54.0 Å². The minimum absolute atomic E-state index is 0.0779. The lowest BCUT2D eigenvalue weighted by molar-refractivity contribution is -0.130. The molecule has 0 spiro atoms. The van der Waals surface area contributed by atoms with Crippen molar-refractivity contribution in [1.29, 1.82) is 0 Å². The number of carbonyl (C=O) groups is 3. The number of hydrogen-bond acceptors (Lipinski definition) is 6. The van der Waals surface area contributed by atoms with Crippen LogP contribution in [0.4, 0.5) is 11.4 Å². The highest BCUT2D eigenvalue weighted by molar-refractivity contribution is 9.10. The fraction of sp³-hybridized carbons (Fsp3) is 0.367. The van der Waals surface area contributed by atoms with Crippen LogP contribution in [-0.2, 0) is 30.8 Å². The molecule has 0 bridgehead atoms. The molecule has 9 nitrogen and oxygen atoms in total. The number of rotatable bonds is 8. The van der Waals surface area contributed by atoms with Crippen molar-refractivity contribution in [2.45, 2.75) is 45.8 Å². The predicted molar refractivity (Wildman–Crippen MR) is 164 cm³/mol. The lowest BCUT2D eigenvalue weighted by Crippen LogP contribution is -2.59. The van der Waals surface area contributed by atoms with E-state index in [9.17, 15) is 22.8 Å². The summed E-state index contributed by atoms with van der Waals surface area (Å²) < 4.78 is 30.9. The molecule has 0 saturated carbocycles. The Kier molecular flexibility index (Phi) is 9.08. The van der Waals surface area contributed by atoms with Gasteiger partial charge in [0.15, 0.2) is 9.84 Å². The van der Waals surface area contributed by atoms with Crippen molar-refractivity contribution in [3.8, 4) is 5.75 Å².